The minimum Gasteiger partial charge on any atom is -0.436 e. The average molecular weight is 783 g/mol. The molecule has 2 bridgehead atoms. The van der Waals surface area contributed by atoms with E-state index in [4.69, 9.17) is 10.5 Å². The van der Waals surface area contributed by atoms with Crippen LogP contribution in [0.5, 0.6) is 0 Å². The highest BCUT2D eigenvalue weighted by molar-refractivity contribution is 9.10. The molecule has 1 unspecified atom stereocenters. The van der Waals surface area contributed by atoms with Crippen LogP contribution >= 0.6 is 27.3 Å². The number of hydrogen-bond donors (Lipinski definition) is 2. The molecule has 0 spiro atoms. The van der Waals surface area contributed by atoms with E-state index in [-0.39, 0.29) is 28.5 Å². The van der Waals surface area contributed by atoms with Gasteiger partial charge in [-0.2, -0.15) is 13.2 Å². The highest BCUT2D eigenvalue weighted by Crippen LogP contribution is 2.38. The summed E-state index contributed by atoms with van der Waals surface area (Å²) in [4.78, 5) is 50.6. The van der Waals surface area contributed by atoms with Gasteiger partial charge in [-0.05, 0) is 95.7 Å². The normalized spacial score (nSPS) is 25.6. The molecule has 0 aliphatic carbocycles. The highest BCUT2D eigenvalue weighted by Gasteiger charge is 2.41. The second kappa shape index (κ2) is 14.5. The van der Waals surface area contributed by atoms with Crippen molar-refractivity contribution in [3.8, 4) is 0 Å². The van der Waals surface area contributed by atoms with Crippen LogP contribution in [0.1, 0.15) is 42.4 Å². The predicted octanol–water partition coefficient (Wildman–Crippen LogP) is 4.95. The Morgan fingerprint density at radius 1 is 0.980 bits per heavy atom. The van der Waals surface area contributed by atoms with E-state index in [1.54, 1.807) is 16.2 Å². The third-order valence-corrected chi connectivity index (χ3v) is 12.6. The fraction of sp³-hybridized carbons (Fsp3) is 0.618. The summed E-state index contributed by atoms with van der Waals surface area (Å²) in [6, 6.07) is 2.61. The molecule has 4 amide bonds. The van der Waals surface area contributed by atoms with Crippen molar-refractivity contribution in [3.63, 3.8) is 0 Å². The summed E-state index contributed by atoms with van der Waals surface area (Å²) in [5.74, 6) is 0.242. The first-order valence-corrected chi connectivity index (χ1v) is 19.2. The van der Waals surface area contributed by atoms with Crippen molar-refractivity contribution in [3.05, 3.63) is 44.1 Å². The quantitative estimate of drug-likeness (QED) is 0.399. The first kappa shape index (κ1) is 35.3. The van der Waals surface area contributed by atoms with E-state index in [0.29, 0.717) is 70.6 Å². The number of benzene rings is 1. The molecule has 1 aromatic carbocycles. The fourth-order valence-electron chi connectivity index (χ4n) is 8.31. The predicted molar refractivity (Wildman–Crippen MR) is 187 cm³/mol. The number of alkyl halides is 3. The van der Waals surface area contributed by atoms with E-state index >= 15 is 0 Å². The molecular weight excluding hydrogens is 739 g/mol. The Bertz CT molecular complexity index is 1590. The zero-order chi connectivity index (χ0) is 35.2. The monoisotopic (exact) mass is 781 g/mol. The van der Waals surface area contributed by atoms with Gasteiger partial charge in [0.2, 0.25) is 0 Å². The third-order valence-electron chi connectivity index (χ3n) is 11.2. The van der Waals surface area contributed by atoms with Gasteiger partial charge in [0.1, 0.15) is 0 Å². The summed E-state index contributed by atoms with van der Waals surface area (Å²) in [6.45, 7) is 6.83. The van der Waals surface area contributed by atoms with E-state index in [9.17, 15) is 27.6 Å². The lowest BCUT2D eigenvalue weighted by Crippen LogP contribution is -2.62. The molecule has 2 aromatic rings. The lowest BCUT2D eigenvalue weighted by molar-refractivity contribution is -0.143. The van der Waals surface area contributed by atoms with Crippen molar-refractivity contribution in [2.45, 2.75) is 62.9 Å². The molecule has 272 valence electrons. The van der Waals surface area contributed by atoms with Gasteiger partial charge in [0.05, 0.1) is 16.9 Å². The second-order valence-electron chi connectivity index (χ2n) is 14.1. The summed E-state index contributed by atoms with van der Waals surface area (Å²) in [6.07, 6.45) is -2.75. The number of hydrogen-bond acceptors (Lipinski definition) is 8. The molecule has 7 heterocycles. The maximum atomic E-state index is 14.1. The summed E-state index contributed by atoms with van der Waals surface area (Å²) in [5, 5.41) is 6.96. The van der Waals surface area contributed by atoms with Crippen LogP contribution in [-0.4, -0.2) is 126 Å². The van der Waals surface area contributed by atoms with E-state index in [1.807, 2.05) is 15.7 Å². The summed E-state index contributed by atoms with van der Waals surface area (Å²) >= 11 is 4.70. The number of carbonyl (C=O) groups excluding carboxylic acids is 3. The van der Waals surface area contributed by atoms with Crippen molar-refractivity contribution < 1.29 is 32.3 Å². The first-order valence-electron chi connectivity index (χ1n) is 17.4. The number of piperazine rings is 1. The van der Waals surface area contributed by atoms with Gasteiger partial charge in [-0.3, -0.25) is 9.69 Å². The lowest BCUT2D eigenvalue weighted by atomic mass is 9.83. The number of nitrogen functional groups attached to an aromatic ring is 1. The smallest absolute Gasteiger partial charge is 0.418 e. The Kier molecular flexibility index (Phi) is 10.2. The molecule has 5 saturated heterocycles. The largest absolute Gasteiger partial charge is 0.436 e. The lowest BCUT2D eigenvalue weighted by Gasteiger charge is -2.51. The summed E-state index contributed by atoms with van der Waals surface area (Å²) in [7, 11) is 0. The fourth-order valence-corrected chi connectivity index (χ4v) is 9.64. The number of likely N-dealkylation sites (tertiary alicyclic amines) is 1. The van der Waals surface area contributed by atoms with Crippen molar-refractivity contribution in [1.29, 1.82) is 0 Å². The average Bonchev–Trinajstić information content (AvgIpc) is 3.49. The minimum absolute atomic E-state index is 0.0561. The molecule has 0 saturated carbocycles. The van der Waals surface area contributed by atoms with E-state index in [0.717, 1.165) is 43.4 Å². The molecule has 6 aliphatic heterocycles. The van der Waals surface area contributed by atoms with Gasteiger partial charge in [0.25, 0.3) is 5.91 Å². The number of rotatable bonds is 6. The molecule has 16 heteroatoms. The van der Waals surface area contributed by atoms with Gasteiger partial charge in [-0.25, -0.2) is 9.59 Å². The van der Waals surface area contributed by atoms with Crippen molar-refractivity contribution in [2.24, 2.45) is 5.92 Å². The van der Waals surface area contributed by atoms with Gasteiger partial charge in [-0.1, -0.05) is 0 Å². The van der Waals surface area contributed by atoms with Crippen LogP contribution in [0.3, 0.4) is 0 Å². The number of fused-ring (bicyclic) bond motifs is 4. The molecule has 8 rings (SSSR count). The number of halogens is 4. The van der Waals surface area contributed by atoms with Gasteiger partial charge >= 0.3 is 18.3 Å². The number of nitrogens with zero attached hydrogens (tertiary/aromatic N) is 5. The van der Waals surface area contributed by atoms with Gasteiger partial charge < -0.3 is 35.4 Å². The zero-order valence-corrected chi connectivity index (χ0v) is 30.2. The summed E-state index contributed by atoms with van der Waals surface area (Å²) < 4.78 is 47.5. The minimum atomic E-state index is -4.70. The third kappa shape index (κ3) is 7.44. The first-order chi connectivity index (χ1) is 23.9. The standard InChI is InChI=1S/C34H43BrF3N7O4S/c35-26-16-21(15-25(30(26)39)34(36,37)38)17-29(31(46)43-13-11-42(12-14-43)28-18-41-6-1-22(28)2-7-41)49-33(48)44-8-4-24(5-9-44)45-10-3-23-19-50-20-27(23)40-32(45)47/h15-16,19-20,22,24,28-29H,1-14,17-18,39H2,(H,40,47)/t28?,29-/m1/s1. The van der Waals surface area contributed by atoms with Crippen molar-refractivity contribution in [1.82, 2.24) is 24.5 Å². The molecule has 1 aromatic heterocycles. The molecule has 50 heavy (non-hydrogen) atoms. The maximum absolute atomic E-state index is 14.1. The Labute approximate surface area is 302 Å². The number of piperidine rings is 4. The number of urea groups is 1. The molecular formula is C34H43BrF3N7O4S. The van der Waals surface area contributed by atoms with Gasteiger partial charge in [-0.15, -0.1) is 11.3 Å². The van der Waals surface area contributed by atoms with Gasteiger partial charge in [0.15, 0.2) is 6.10 Å². The Hall–Kier alpha value is -3.08. The molecule has 0 radical (unpaired) electrons. The number of anilines is 2. The van der Waals surface area contributed by atoms with E-state index in [2.05, 4.69) is 31.0 Å². The van der Waals surface area contributed by atoms with Crippen LogP contribution in [0.15, 0.2) is 27.4 Å². The zero-order valence-electron chi connectivity index (χ0n) is 27.8. The number of nitrogens with two attached hydrogens (primary N) is 1. The topological polar surface area (TPSA) is 115 Å². The van der Waals surface area contributed by atoms with Crippen LogP contribution in [0.2, 0.25) is 0 Å². The van der Waals surface area contributed by atoms with Crippen LogP contribution in [0.4, 0.5) is 34.1 Å². The van der Waals surface area contributed by atoms with Crippen LogP contribution < -0.4 is 11.1 Å². The second-order valence-corrected chi connectivity index (χ2v) is 15.7. The van der Waals surface area contributed by atoms with E-state index in [1.165, 1.54) is 23.8 Å². The number of carbonyl (C=O) groups is 3. The highest BCUT2D eigenvalue weighted by atomic mass is 79.9. The summed E-state index contributed by atoms with van der Waals surface area (Å²) in [5.41, 5.74) is 6.42. The van der Waals surface area contributed by atoms with Gasteiger partial charge in [0, 0.05) is 80.7 Å². The Morgan fingerprint density at radius 2 is 1.70 bits per heavy atom. The molecule has 3 N–H and O–H groups in total. The molecule has 5 fully saturated rings. The van der Waals surface area contributed by atoms with Crippen molar-refractivity contribution in [2.75, 3.05) is 76.5 Å². The number of amides is 4. The van der Waals surface area contributed by atoms with Crippen molar-refractivity contribution >= 4 is 56.7 Å². The number of thiophene rings is 1. The van der Waals surface area contributed by atoms with Crippen LogP contribution in [0.25, 0.3) is 0 Å². The molecule has 11 nitrogen and oxygen atoms in total. The Morgan fingerprint density at radius 3 is 2.36 bits per heavy atom. The Balaban J connectivity index is 1.02. The number of ether oxygens (including phenoxy) is 1. The van der Waals surface area contributed by atoms with Crippen LogP contribution in [0, 0.1) is 5.92 Å². The van der Waals surface area contributed by atoms with Crippen LogP contribution in [-0.2, 0) is 28.5 Å². The molecule has 2 atom stereocenters. The number of nitrogens with one attached hydrogen (secondary N) is 1. The maximum Gasteiger partial charge on any atom is 0.418 e. The van der Waals surface area contributed by atoms with E-state index < -0.39 is 35.5 Å². The SMILES string of the molecule is Nc1c(Br)cc(C[C@@H](OC(=O)N2CCC(N3CCc4cscc4NC3=O)CC2)C(=O)N2CCN(C3CN4CCC3CC4)CC2)cc1C(F)(F)F. The molecule has 6 aliphatic rings.